The minimum absolute atomic E-state index is 0.0229. The summed E-state index contributed by atoms with van der Waals surface area (Å²) in [6.45, 7) is 5.71. The Balaban J connectivity index is 1.31. The minimum Gasteiger partial charge on any atom is -0.493 e. The quantitative estimate of drug-likeness (QED) is 0.506. The SMILES string of the molecule is CCCCOC(=O)N1CCC(CCCOc2ccc(CC(=O)N3CC(CO)C3)c(F)c2)CC1. The van der Waals surface area contributed by atoms with E-state index in [1.165, 1.54) is 6.07 Å². The van der Waals surface area contributed by atoms with Crippen LogP contribution in [-0.2, 0) is 16.0 Å². The molecule has 0 bridgehead atoms. The molecule has 0 radical (unpaired) electrons. The van der Waals surface area contributed by atoms with Crippen molar-refractivity contribution in [1.82, 2.24) is 9.80 Å². The number of halogens is 1. The third-order valence-electron chi connectivity index (χ3n) is 6.56. The van der Waals surface area contributed by atoms with Crippen LogP contribution in [0.4, 0.5) is 9.18 Å². The van der Waals surface area contributed by atoms with Crippen LogP contribution in [0, 0.1) is 17.7 Å². The Bertz CT molecular complexity index is 776. The highest BCUT2D eigenvalue weighted by atomic mass is 19.1. The Kier molecular flexibility index (Phi) is 9.78. The van der Waals surface area contributed by atoms with Gasteiger partial charge in [-0.05, 0) is 49.7 Å². The maximum atomic E-state index is 14.4. The van der Waals surface area contributed by atoms with Gasteiger partial charge >= 0.3 is 6.09 Å². The molecule has 0 saturated carbocycles. The fraction of sp³-hybridized carbons (Fsp3) is 0.680. The second-order valence-corrected chi connectivity index (χ2v) is 9.17. The number of carbonyl (C=O) groups is 2. The van der Waals surface area contributed by atoms with E-state index in [0.29, 0.717) is 43.5 Å². The van der Waals surface area contributed by atoms with Crippen molar-refractivity contribution in [3.63, 3.8) is 0 Å². The average Bonchev–Trinajstić information content (AvgIpc) is 2.78. The number of nitrogens with zero attached hydrogens (tertiary/aromatic N) is 2. The van der Waals surface area contributed by atoms with E-state index in [-0.39, 0.29) is 30.9 Å². The van der Waals surface area contributed by atoms with Crippen LogP contribution in [0.3, 0.4) is 0 Å². The van der Waals surface area contributed by atoms with Gasteiger partial charge in [0.05, 0.1) is 19.6 Å². The highest BCUT2D eigenvalue weighted by Gasteiger charge is 2.30. The van der Waals surface area contributed by atoms with Crippen molar-refractivity contribution in [1.29, 1.82) is 0 Å². The number of aliphatic hydroxyl groups is 1. The topological polar surface area (TPSA) is 79.3 Å². The molecule has 2 heterocycles. The Morgan fingerprint density at radius 1 is 1.09 bits per heavy atom. The summed E-state index contributed by atoms with van der Waals surface area (Å²) < 4.78 is 25.4. The van der Waals surface area contributed by atoms with Gasteiger partial charge in [-0.15, -0.1) is 0 Å². The van der Waals surface area contributed by atoms with Gasteiger partial charge in [0, 0.05) is 44.8 Å². The molecule has 3 rings (SSSR count). The summed E-state index contributed by atoms with van der Waals surface area (Å²) in [4.78, 5) is 27.6. The number of aliphatic hydroxyl groups excluding tert-OH is 1. The molecule has 2 fully saturated rings. The van der Waals surface area contributed by atoms with Gasteiger partial charge in [0.25, 0.3) is 0 Å². The van der Waals surface area contributed by atoms with E-state index in [2.05, 4.69) is 6.92 Å². The second-order valence-electron chi connectivity index (χ2n) is 9.17. The van der Waals surface area contributed by atoms with Gasteiger partial charge in [0.1, 0.15) is 11.6 Å². The van der Waals surface area contributed by atoms with Crippen molar-refractivity contribution in [2.45, 2.75) is 51.9 Å². The molecule has 2 amide bonds. The van der Waals surface area contributed by atoms with Crippen LogP contribution >= 0.6 is 0 Å². The Hall–Kier alpha value is -2.35. The molecular formula is C25H37FN2O5. The monoisotopic (exact) mass is 464 g/mol. The van der Waals surface area contributed by atoms with Gasteiger partial charge < -0.3 is 24.4 Å². The molecule has 0 unspecified atom stereocenters. The highest BCUT2D eigenvalue weighted by Crippen LogP contribution is 2.24. The Morgan fingerprint density at radius 3 is 2.52 bits per heavy atom. The molecule has 1 N–H and O–H groups in total. The molecule has 184 valence electrons. The predicted molar refractivity (Wildman–Crippen MR) is 123 cm³/mol. The molecule has 2 saturated heterocycles. The summed E-state index contributed by atoms with van der Waals surface area (Å²) in [7, 11) is 0. The number of hydrogen-bond acceptors (Lipinski definition) is 5. The third kappa shape index (κ3) is 7.59. The van der Waals surface area contributed by atoms with Crippen molar-refractivity contribution in [2.24, 2.45) is 11.8 Å². The normalized spacial score (nSPS) is 17.1. The number of hydrogen-bond donors (Lipinski definition) is 1. The lowest BCUT2D eigenvalue weighted by Crippen LogP contribution is -2.51. The highest BCUT2D eigenvalue weighted by molar-refractivity contribution is 5.79. The van der Waals surface area contributed by atoms with E-state index in [1.54, 1.807) is 21.9 Å². The van der Waals surface area contributed by atoms with Crippen molar-refractivity contribution in [3.05, 3.63) is 29.6 Å². The maximum Gasteiger partial charge on any atom is 0.409 e. The number of unbranched alkanes of at least 4 members (excludes halogenated alkanes) is 1. The van der Waals surface area contributed by atoms with Crippen LogP contribution < -0.4 is 4.74 Å². The van der Waals surface area contributed by atoms with Gasteiger partial charge in [-0.1, -0.05) is 19.4 Å². The zero-order valence-electron chi connectivity index (χ0n) is 19.6. The predicted octanol–water partition coefficient (Wildman–Crippen LogP) is 3.63. The largest absolute Gasteiger partial charge is 0.493 e. The van der Waals surface area contributed by atoms with Crippen LogP contribution in [0.2, 0.25) is 0 Å². The molecule has 2 aliphatic heterocycles. The number of benzene rings is 1. The van der Waals surface area contributed by atoms with E-state index >= 15 is 0 Å². The first-order chi connectivity index (χ1) is 16.0. The van der Waals surface area contributed by atoms with Gasteiger partial charge in [-0.25, -0.2) is 9.18 Å². The molecule has 0 aromatic heterocycles. The van der Waals surface area contributed by atoms with E-state index in [9.17, 15) is 14.0 Å². The first kappa shape index (κ1) is 25.3. The minimum atomic E-state index is -0.432. The molecule has 0 aliphatic carbocycles. The zero-order chi connectivity index (χ0) is 23.6. The van der Waals surface area contributed by atoms with Crippen LogP contribution in [-0.4, -0.2) is 72.9 Å². The number of carbonyl (C=O) groups excluding carboxylic acids is 2. The number of ether oxygens (including phenoxy) is 2. The summed E-state index contributed by atoms with van der Waals surface area (Å²) in [5, 5.41) is 9.05. The number of piperidine rings is 1. The smallest absolute Gasteiger partial charge is 0.409 e. The van der Waals surface area contributed by atoms with Crippen molar-refractivity contribution in [3.8, 4) is 5.75 Å². The first-order valence-corrected chi connectivity index (χ1v) is 12.2. The van der Waals surface area contributed by atoms with Gasteiger partial charge in [0.15, 0.2) is 0 Å². The van der Waals surface area contributed by atoms with Gasteiger partial charge in [-0.2, -0.15) is 0 Å². The second kappa shape index (κ2) is 12.8. The number of rotatable bonds is 11. The van der Waals surface area contributed by atoms with Crippen LogP contribution in [0.25, 0.3) is 0 Å². The van der Waals surface area contributed by atoms with Gasteiger partial charge in [0.2, 0.25) is 5.91 Å². The number of likely N-dealkylation sites (tertiary alicyclic amines) is 2. The molecule has 33 heavy (non-hydrogen) atoms. The molecule has 7 nitrogen and oxygen atoms in total. The summed E-state index contributed by atoms with van der Waals surface area (Å²) in [5.41, 5.74) is 0.361. The lowest BCUT2D eigenvalue weighted by Gasteiger charge is -2.38. The molecule has 1 aromatic carbocycles. The van der Waals surface area contributed by atoms with Crippen molar-refractivity contribution in [2.75, 3.05) is 46.0 Å². The van der Waals surface area contributed by atoms with E-state index in [4.69, 9.17) is 14.6 Å². The lowest BCUT2D eigenvalue weighted by molar-refractivity contribution is -0.137. The summed E-state index contributed by atoms with van der Waals surface area (Å²) >= 11 is 0. The fourth-order valence-corrected chi connectivity index (χ4v) is 4.29. The molecular weight excluding hydrogens is 427 g/mol. The molecule has 0 atom stereocenters. The van der Waals surface area contributed by atoms with Crippen molar-refractivity contribution >= 4 is 12.0 Å². The Morgan fingerprint density at radius 2 is 1.85 bits per heavy atom. The summed E-state index contributed by atoms with van der Waals surface area (Å²) in [6.07, 6.45) is 5.56. The molecule has 0 spiro atoms. The third-order valence-corrected chi connectivity index (χ3v) is 6.56. The number of amides is 2. The maximum absolute atomic E-state index is 14.4. The molecule has 2 aliphatic rings. The van der Waals surface area contributed by atoms with E-state index in [1.807, 2.05) is 0 Å². The summed E-state index contributed by atoms with van der Waals surface area (Å²) in [5.74, 6) is 0.628. The lowest BCUT2D eigenvalue weighted by atomic mass is 9.92. The van der Waals surface area contributed by atoms with Crippen LogP contribution in [0.15, 0.2) is 18.2 Å². The first-order valence-electron chi connectivity index (χ1n) is 12.2. The van der Waals surface area contributed by atoms with Crippen molar-refractivity contribution < 1.29 is 28.6 Å². The van der Waals surface area contributed by atoms with Crippen LogP contribution in [0.5, 0.6) is 5.75 Å². The molecule has 8 heteroatoms. The van der Waals surface area contributed by atoms with E-state index in [0.717, 1.165) is 51.6 Å². The zero-order valence-corrected chi connectivity index (χ0v) is 19.6. The Labute approximate surface area is 195 Å². The molecule has 1 aromatic rings. The fourth-order valence-electron chi connectivity index (χ4n) is 4.29. The summed E-state index contributed by atoms with van der Waals surface area (Å²) in [6, 6.07) is 4.67. The van der Waals surface area contributed by atoms with Gasteiger partial charge in [-0.3, -0.25) is 4.79 Å². The standard InChI is InChI=1S/C25H37FN2O5/c1-2-3-12-33-25(31)27-10-8-19(9-11-27)5-4-13-32-22-7-6-21(23(26)15-22)14-24(30)28-16-20(17-28)18-29/h6-7,15,19-20,29H,2-5,8-14,16-18H2,1H3. The van der Waals surface area contributed by atoms with E-state index < -0.39 is 5.82 Å². The van der Waals surface area contributed by atoms with Crippen LogP contribution in [0.1, 0.15) is 51.0 Å². The average molecular weight is 465 g/mol.